The fourth-order valence-electron chi connectivity index (χ4n) is 6.77. The monoisotopic (exact) mass is 537 g/mol. The van der Waals surface area contributed by atoms with Crippen LogP contribution in [0.4, 0.5) is 0 Å². The molecule has 0 atom stereocenters. The van der Waals surface area contributed by atoms with Crippen LogP contribution < -0.4 is 5.32 Å². The maximum absolute atomic E-state index is 3.57. The van der Waals surface area contributed by atoms with E-state index < -0.39 is 0 Å². The Morgan fingerprint density at radius 2 is 1.17 bits per heavy atom. The van der Waals surface area contributed by atoms with Crippen LogP contribution in [0, 0.1) is 0 Å². The number of hydrogen-bond acceptors (Lipinski definition) is 1. The van der Waals surface area contributed by atoms with Crippen LogP contribution in [-0.4, -0.2) is 6.54 Å². The Hall–Kier alpha value is -5.14. The van der Waals surface area contributed by atoms with Crippen molar-refractivity contribution in [3.63, 3.8) is 0 Å². The Morgan fingerprint density at radius 1 is 0.524 bits per heavy atom. The largest absolute Gasteiger partial charge is 0.386 e. The van der Waals surface area contributed by atoms with Crippen LogP contribution in [0.25, 0.3) is 60.1 Å². The molecule has 200 valence electrons. The summed E-state index contributed by atoms with van der Waals surface area (Å²) in [5, 5.41) is 11.2. The first-order valence-electron chi connectivity index (χ1n) is 14.9. The van der Waals surface area contributed by atoms with Gasteiger partial charge in [0.05, 0.1) is 0 Å². The quantitative estimate of drug-likeness (QED) is 0.221. The number of nitrogens with one attached hydrogen (secondary N) is 1. The van der Waals surface area contributed by atoms with E-state index in [0.717, 1.165) is 19.4 Å². The molecule has 6 aromatic rings. The summed E-state index contributed by atoms with van der Waals surface area (Å²) in [5.74, 6) is 0. The lowest BCUT2D eigenvalue weighted by molar-refractivity contribution is 0.924. The summed E-state index contributed by atoms with van der Waals surface area (Å²) >= 11 is 0. The van der Waals surface area contributed by atoms with E-state index in [0.29, 0.717) is 0 Å². The van der Waals surface area contributed by atoms with Crippen molar-refractivity contribution in [1.82, 2.24) is 5.32 Å². The molecule has 0 amide bonds. The molecular weight excluding hydrogens is 506 g/mol. The van der Waals surface area contributed by atoms with E-state index >= 15 is 0 Å². The average Bonchev–Trinajstić information content (AvgIpc) is 3.07. The van der Waals surface area contributed by atoms with Gasteiger partial charge in [-0.15, -0.1) is 0 Å². The minimum atomic E-state index is 0.855. The minimum absolute atomic E-state index is 0.855. The number of fused-ring (bicyclic) bond motifs is 3. The first-order chi connectivity index (χ1) is 20.8. The van der Waals surface area contributed by atoms with E-state index in [1.54, 1.807) is 0 Å². The molecule has 8 rings (SSSR count). The van der Waals surface area contributed by atoms with Gasteiger partial charge in [0, 0.05) is 12.7 Å². The van der Waals surface area contributed by atoms with Gasteiger partial charge in [-0.2, -0.15) is 0 Å². The molecule has 0 saturated carbocycles. The van der Waals surface area contributed by atoms with Gasteiger partial charge in [0.25, 0.3) is 0 Å². The zero-order chi connectivity index (χ0) is 27.9. The summed E-state index contributed by atoms with van der Waals surface area (Å²) in [4.78, 5) is 0. The van der Waals surface area contributed by atoms with E-state index in [2.05, 4.69) is 151 Å². The van der Waals surface area contributed by atoms with E-state index in [-0.39, 0.29) is 0 Å². The predicted octanol–water partition coefficient (Wildman–Crippen LogP) is 10.6. The average molecular weight is 538 g/mol. The third kappa shape index (κ3) is 4.17. The van der Waals surface area contributed by atoms with Crippen LogP contribution in [0.5, 0.6) is 0 Å². The molecule has 0 saturated heterocycles. The number of benzene rings is 6. The minimum Gasteiger partial charge on any atom is -0.386 e. The molecule has 1 heterocycles. The van der Waals surface area contributed by atoms with E-state index in [1.165, 1.54) is 76.9 Å². The fourth-order valence-corrected chi connectivity index (χ4v) is 6.77. The molecule has 42 heavy (non-hydrogen) atoms. The van der Waals surface area contributed by atoms with Crippen molar-refractivity contribution in [3.05, 3.63) is 162 Å². The molecule has 0 aromatic heterocycles. The molecule has 2 aliphatic rings. The second kappa shape index (κ2) is 10.4. The number of allylic oxidation sites excluding steroid dienone is 5. The lowest BCUT2D eigenvalue weighted by atomic mass is 9.83. The van der Waals surface area contributed by atoms with Crippen LogP contribution >= 0.6 is 0 Å². The molecule has 0 unspecified atom stereocenters. The van der Waals surface area contributed by atoms with Crippen LogP contribution in [0.1, 0.15) is 18.4 Å². The highest BCUT2D eigenvalue weighted by atomic mass is 14.8. The second-order valence-electron chi connectivity index (χ2n) is 11.2. The van der Waals surface area contributed by atoms with Crippen molar-refractivity contribution in [3.8, 4) is 22.3 Å². The van der Waals surface area contributed by atoms with Crippen LogP contribution in [-0.2, 0) is 0 Å². The number of hydrogen-bond donors (Lipinski definition) is 1. The molecule has 1 aliphatic heterocycles. The smallest absolute Gasteiger partial charge is 0.0401 e. The van der Waals surface area contributed by atoms with Crippen molar-refractivity contribution in [2.75, 3.05) is 6.54 Å². The Morgan fingerprint density at radius 3 is 1.88 bits per heavy atom. The molecule has 6 aromatic carbocycles. The Balaban J connectivity index is 1.38. The second-order valence-corrected chi connectivity index (χ2v) is 11.2. The van der Waals surface area contributed by atoms with Gasteiger partial charge in [-0.1, -0.05) is 127 Å². The maximum Gasteiger partial charge on any atom is 0.0401 e. The molecule has 1 nitrogen and oxygen atoms in total. The van der Waals surface area contributed by atoms with Gasteiger partial charge in [0.15, 0.2) is 0 Å². The van der Waals surface area contributed by atoms with Gasteiger partial charge in [-0.05, 0) is 102 Å². The summed E-state index contributed by atoms with van der Waals surface area (Å²) in [5.41, 5.74) is 10.3. The molecule has 1 heteroatoms. The van der Waals surface area contributed by atoms with Crippen molar-refractivity contribution in [2.45, 2.75) is 12.8 Å². The summed E-state index contributed by atoms with van der Waals surface area (Å²) in [7, 11) is 0. The number of dihydropyridines is 1. The predicted molar refractivity (Wildman–Crippen MR) is 180 cm³/mol. The highest BCUT2D eigenvalue weighted by Crippen LogP contribution is 2.46. The standard InChI is InChI=1S/C41H31N/c1-2-12-28(13-3-1)32-25-33(27-42-26-32)34-16-6-7-17-35(34)41-38-20-10-8-18-36(38)40(37-19-9-11-21-39(37)41)31-23-22-29-14-4-5-15-30(29)24-31/h2,4-25,27,42H,1,3,26H2. The lowest BCUT2D eigenvalue weighted by Gasteiger charge is -2.22. The SMILES string of the molecule is C1=CC(C2=CC(c3ccccc3-c3c4ccccc4c(-c4ccc5ccccc5c4)c4ccccc34)=CNC2)=CCC1. The van der Waals surface area contributed by atoms with Crippen molar-refractivity contribution in [1.29, 1.82) is 0 Å². The van der Waals surface area contributed by atoms with Gasteiger partial charge >= 0.3 is 0 Å². The van der Waals surface area contributed by atoms with Crippen molar-refractivity contribution >= 4 is 37.9 Å². The van der Waals surface area contributed by atoms with Crippen LogP contribution in [0.15, 0.2) is 157 Å². The van der Waals surface area contributed by atoms with E-state index in [9.17, 15) is 0 Å². The summed E-state index contributed by atoms with van der Waals surface area (Å²) < 4.78 is 0. The highest BCUT2D eigenvalue weighted by Gasteiger charge is 2.20. The molecular formula is C41H31N. The lowest BCUT2D eigenvalue weighted by Crippen LogP contribution is -2.16. The van der Waals surface area contributed by atoms with Gasteiger partial charge in [0.1, 0.15) is 0 Å². The van der Waals surface area contributed by atoms with Gasteiger partial charge in [-0.25, -0.2) is 0 Å². The molecule has 1 aliphatic carbocycles. The van der Waals surface area contributed by atoms with Gasteiger partial charge in [-0.3, -0.25) is 0 Å². The third-order valence-corrected chi connectivity index (χ3v) is 8.72. The first kappa shape index (κ1) is 24.6. The Bertz CT molecular complexity index is 2080. The van der Waals surface area contributed by atoms with E-state index in [4.69, 9.17) is 0 Å². The highest BCUT2D eigenvalue weighted by molar-refractivity contribution is 6.22. The van der Waals surface area contributed by atoms with Crippen LogP contribution in [0.3, 0.4) is 0 Å². The fraction of sp³-hybridized carbons (Fsp3) is 0.0732. The summed E-state index contributed by atoms with van der Waals surface area (Å²) in [6, 6.07) is 42.3. The molecule has 1 N–H and O–H groups in total. The molecule has 0 bridgehead atoms. The van der Waals surface area contributed by atoms with E-state index in [1.807, 2.05) is 0 Å². The summed E-state index contributed by atoms with van der Waals surface area (Å²) in [6.07, 6.45) is 13.7. The molecule has 0 radical (unpaired) electrons. The number of rotatable bonds is 4. The zero-order valence-corrected chi connectivity index (χ0v) is 23.5. The normalized spacial score (nSPS) is 14.9. The zero-order valence-electron chi connectivity index (χ0n) is 23.5. The maximum atomic E-state index is 3.57. The Labute approximate surface area is 246 Å². The van der Waals surface area contributed by atoms with Crippen LogP contribution in [0.2, 0.25) is 0 Å². The molecule has 0 fully saturated rings. The molecule has 0 spiro atoms. The topological polar surface area (TPSA) is 12.0 Å². The third-order valence-electron chi connectivity index (χ3n) is 8.72. The van der Waals surface area contributed by atoms with Gasteiger partial charge in [0.2, 0.25) is 0 Å². The van der Waals surface area contributed by atoms with Crippen molar-refractivity contribution < 1.29 is 0 Å². The van der Waals surface area contributed by atoms with Crippen molar-refractivity contribution in [2.24, 2.45) is 0 Å². The van der Waals surface area contributed by atoms with Gasteiger partial charge < -0.3 is 5.32 Å². The first-order valence-corrected chi connectivity index (χ1v) is 14.9. The summed E-state index contributed by atoms with van der Waals surface area (Å²) in [6.45, 7) is 0.855. The Kier molecular flexibility index (Phi) is 6.08.